The summed E-state index contributed by atoms with van der Waals surface area (Å²) in [5.74, 6) is -1.58. The first kappa shape index (κ1) is 11.1. The molecule has 1 atom stereocenters. The molecule has 3 heteroatoms. The van der Waals surface area contributed by atoms with E-state index in [0.717, 1.165) is 6.42 Å². The van der Waals surface area contributed by atoms with Crippen LogP contribution in [0.3, 0.4) is 0 Å². The van der Waals surface area contributed by atoms with Gasteiger partial charge >= 0.3 is 0 Å². The Labute approximate surface area is 82.9 Å². The van der Waals surface area contributed by atoms with Gasteiger partial charge in [-0.3, -0.25) is 0 Å². The van der Waals surface area contributed by atoms with Gasteiger partial charge in [0.25, 0.3) is 0 Å². The molecule has 1 nitrogen and oxygen atoms in total. The Kier molecular flexibility index (Phi) is 3.58. The van der Waals surface area contributed by atoms with Gasteiger partial charge in [0.2, 0.25) is 0 Å². The first-order valence-corrected chi connectivity index (χ1v) is 4.78. The average Bonchev–Trinajstić information content (AvgIpc) is 2.15. The molecule has 1 rings (SSSR count). The standard InChI is InChI=1S/C11H15F2N/c1-3-4-9(14)8-6-5-7(2)10(12)11(8)13/h5-6,9H,3-4,14H2,1-2H3/t9-/m1/s1. The summed E-state index contributed by atoms with van der Waals surface area (Å²) in [5.41, 5.74) is 6.31. The van der Waals surface area contributed by atoms with E-state index in [-0.39, 0.29) is 5.56 Å². The summed E-state index contributed by atoms with van der Waals surface area (Å²) in [5, 5.41) is 0. The fourth-order valence-corrected chi connectivity index (χ4v) is 1.41. The molecule has 0 unspecified atom stereocenters. The summed E-state index contributed by atoms with van der Waals surface area (Å²) >= 11 is 0. The highest BCUT2D eigenvalue weighted by Gasteiger charge is 2.15. The third-order valence-electron chi connectivity index (χ3n) is 2.30. The molecule has 0 saturated carbocycles. The van der Waals surface area contributed by atoms with Crippen molar-refractivity contribution in [3.63, 3.8) is 0 Å². The van der Waals surface area contributed by atoms with Crippen molar-refractivity contribution in [2.45, 2.75) is 32.7 Å². The Morgan fingerprint density at radius 3 is 2.50 bits per heavy atom. The van der Waals surface area contributed by atoms with E-state index < -0.39 is 17.7 Å². The molecule has 2 N–H and O–H groups in total. The van der Waals surface area contributed by atoms with Crippen LogP contribution in [0.15, 0.2) is 12.1 Å². The summed E-state index contributed by atoms with van der Waals surface area (Å²) in [6.45, 7) is 3.50. The van der Waals surface area contributed by atoms with E-state index in [1.807, 2.05) is 6.92 Å². The van der Waals surface area contributed by atoms with Gasteiger partial charge in [0, 0.05) is 11.6 Å². The number of benzene rings is 1. The first-order chi connectivity index (χ1) is 6.57. The fourth-order valence-electron chi connectivity index (χ4n) is 1.41. The van der Waals surface area contributed by atoms with Crippen LogP contribution in [0.2, 0.25) is 0 Å². The molecule has 1 aromatic rings. The van der Waals surface area contributed by atoms with Gasteiger partial charge in [-0.1, -0.05) is 25.5 Å². The summed E-state index contributed by atoms with van der Waals surface area (Å²) in [7, 11) is 0. The molecule has 78 valence electrons. The number of nitrogens with two attached hydrogens (primary N) is 1. The van der Waals surface area contributed by atoms with Crippen LogP contribution in [0.1, 0.15) is 36.9 Å². The molecule has 0 spiro atoms. The normalized spacial score (nSPS) is 12.9. The summed E-state index contributed by atoms with van der Waals surface area (Å²) in [6.07, 6.45) is 1.52. The van der Waals surface area contributed by atoms with Gasteiger partial charge in [0.1, 0.15) is 0 Å². The molecular weight excluding hydrogens is 184 g/mol. The van der Waals surface area contributed by atoms with Crippen LogP contribution in [-0.2, 0) is 0 Å². The van der Waals surface area contributed by atoms with Crippen LogP contribution >= 0.6 is 0 Å². The third kappa shape index (κ3) is 2.10. The lowest BCUT2D eigenvalue weighted by atomic mass is 10.0. The first-order valence-electron chi connectivity index (χ1n) is 4.78. The SMILES string of the molecule is CCC[C@@H](N)c1ccc(C)c(F)c1F. The molecule has 14 heavy (non-hydrogen) atoms. The van der Waals surface area contributed by atoms with Crippen molar-refractivity contribution < 1.29 is 8.78 Å². The van der Waals surface area contributed by atoms with Crippen molar-refractivity contribution in [3.05, 3.63) is 34.9 Å². The smallest absolute Gasteiger partial charge is 0.163 e. The second-order valence-electron chi connectivity index (χ2n) is 3.49. The van der Waals surface area contributed by atoms with Gasteiger partial charge in [-0.25, -0.2) is 8.78 Å². The minimum Gasteiger partial charge on any atom is -0.324 e. The Bertz CT molecular complexity index is 323. The highest BCUT2D eigenvalue weighted by Crippen LogP contribution is 2.22. The van der Waals surface area contributed by atoms with E-state index in [1.165, 1.54) is 6.92 Å². The van der Waals surface area contributed by atoms with Gasteiger partial charge in [-0.2, -0.15) is 0 Å². The van der Waals surface area contributed by atoms with Gasteiger partial charge in [0.05, 0.1) is 0 Å². The average molecular weight is 199 g/mol. The molecule has 0 aliphatic carbocycles. The number of hydrogen-bond acceptors (Lipinski definition) is 1. The maximum absolute atomic E-state index is 13.4. The molecule has 0 heterocycles. The van der Waals surface area contributed by atoms with Crippen LogP contribution in [0.25, 0.3) is 0 Å². The lowest BCUT2D eigenvalue weighted by Crippen LogP contribution is -2.13. The van der Waals surface area contributed by atoms with Crippen LogP contribution in [0.4, 0.5) is 8.78 Å². The predicted molar refractivity (Wildman–Crippen MR) is 52.9 cm³/mol. The van der Waals surface area contributed by atoms with Crippen LogP contribution in [0.5, 0.6) is 0 Å². The molecule has 0 aliphatic rings. The Morgan fingerprint density at radius 2 is 1.93 bits per heavy atom. The van der Waals surface area contributed by atoms with Crippen LogP contribution < -0.4 is 5.73 Å². The maximum atomic E-state index is 13.4. The third-order valence-corrected chi connectivity index (χ3v) is 2.30. The molecule has 0 bridgehead atoms. The van der Waals surface area contributed by atoms with Crippen molar-refractivity contribution in [2.24, 2.45) is 5.73 Å². The van der Waals surface area contributed by atoms with Gasteiger partial charge in [-0.05, 0) is 18.9 Å². The summed E-state index contributed by atoms with van der Waals surface area (Å²) in [4.78, 5) is 0. The molecular formula is C11H15F2N. The maximum Gasteiger partial charge on any atom is 0.163 e. The molecule has 0 radical (unpaired) electrons. The Balaban J connectivity index is 3.04. The second-order valence-corrected chi connectivity index (χ2v) is 3.49. The Hall–Kier alpha value is -0.960. The number of aryl methyl sites for hydroxylation is 1. The van der Waals surface area contributed by atoms with E-state index in [0.29, 0.717) is 12.0 Å². The van der Waals surface area contributed by atoms with Crippen molar-refractivity contribution in [1.82, 2.24) is 0 Å². The van der Waals surface area contributed by atoms with E-state index in [1.54, 1.807) is 12.1 Å². The predicted octanol–water partition coefficient (Wildman–Crippen LogP) is 3.07. The quantitative estimate of drug-likeness (QED) is 0.795. The number of hydrogen-bond donors (Lipinski definition) is 1. The zero-order valence-corrected chi connectivity index (χ0v) is 8.48. The topological polar surface area (TPSA) is 26.0 Å². The van der Waals surface area contributed by atoms with Gasteiger partial charge in [0.15, 0.2) is 11.6 Å². The monoisotopic (exact) mass is 199 g/mol. The van der Waals surface area contributed by atoms with E-state index in [2.05, 4.69) is 0 Å². The largest absolute Gasteiger partial charge is 0.324 e. The van der Waals surface area contributed by atoms with Crippen molar-refractivity contribution >= 4 is 0 Å². The summed E-state index contributed by atoms with van der Waals surface area (Å²) < 4.78 is 26.5. The molecule has 0 saturated heterocycles. The lowest BCUT2D eigenvalue weighted by Gasteiger charge is -2.12. The zero-order chi connectivity index (χ0) is 10.7. The van der Waals surface area contributed by atoms with E-state index in [9.17, 15) is 8.78 Å². The molecule has 1 aromatic carbocycles. The minimum atomic E-state index is -0.800. The minimum absolute atomic E-state index is 0.273. The number of halogens is 2. The van der Waals surface area contributed by atoms with Crippen molar-refractivity contribution in [1.29, 1.82) is 0 Å². The fraction of sp³-hybridized carbons (Fsp3) is 0.455. The summed E-state index contributed by atoms with van der Waals surface area (Å²) in [6, 6.07) is 2.72. The molecule has 0 fully saturated rings. The molecule has 0 aromatic heterocycles. The highest BCUT2D eigenvalue weighted by atomic mass is 19.2. The number of rotatable bonds is 3. The van der Waals surface area contributed by atoms with Crippen molar-refractivity contribution in [2.75, 3.05) is 0 Å². The van der Waals surface area contributed by atoms with E-state index >= 15 is 0 Å². The Morgan fingerprint density at radius 1 is 1.29 bits per heavy atom. The highest BCUT2D eigenvalue weighted by molar-refractivity contribution is 5.27. The van der Waals surface area contributed by atoms with E-state index in [4.69, 9.17) is 5.73 Å². The molecule has 0 aliphatic heterocycles. The van der Waals surface area contributed by atoms with Crippen LogP contribution in [-0.4, -0.2) is 0 Å². The van der Waals surface area contributed by atoms with Gasteiger partial charge < -0.3 is 5.73 Å². The zero-order valence-electron chi connectivity index (χ0n) is 8.48. The van der Waals surface area contributed by atoms with Gasteiger partial charge in [-0.15, -0.1) is 0 Å². The molecule has 0 amide bonds. The van der Waals surface area contributed by atoms with Crippen molar-refractivity contribution in [3.8, 4) is 0 Å². The second kappa shape index (κ2) is 4.51. The lowest BCUT2D eigenvalue weighted by molar-refractivity contribution is 0.478. The van der Waals surface area contributed by atoms with Crippen LogP contribution in [0, 0.1) is 18.6 Å².